The summed E-state index contributed by atoms with van der Waals surface area (Å²) in [5.74, 6) is 0.856. The zero-order chi connectivity index (χ0) is 17.8. The first-order valence-corrected chi connectivity index (χ1v) is 8.29. The smallest absolute Gasteiger partial charge is 0.143 e. The van der Waals surface area contributed by atoms with E-state index in [4.69, 9.17) is 4.74 Å². The maximum Gasteiger partial charge on any atom is 0.143 e. The van der Waals surface area contributed by atoms with Crippen LogP contribution in [0.15, 0.2) is 78.9 Å². The summed E-state index contributed by atoms with van der Waals surface area (Å²) < 4.78 is 5.76. The number of aromatic hydroxyl groups is 1. The molecule has 1 heterocycles. The minimum atomic E-state index is 0.135. The van der Waals surface area contributed by atoms with Crippen molar-refractivity contribution < 1.29 is 9.84 Å². The van der Waals surface area contributed by atoms with Gasteiger partial charge < -0.3 is 9.84 Å². The third-order valence-corrected chi connectivity index (χ3v) is 3.91. The van der Waals surface area contributed by atoms with E-state index in [9.17, 15) is 5.11 Å². The molecule has 1 aromatic heterocycles. The normalized spacial score (nSPS) is 11.2. The summed E-state index contributed by atoms with van der Waals surface area (Å²) >= 11 is 0. The standard InChI is InChI=1S/C21H17N3O2/c25-21-11-5-4-10-20(21)24-22-18-13-12-17(15-19(18)23-24)26-14-6-9-16-7-2-1-3-8-16/h1-13,15,25H,14H2/b9-6+. The molecule has 0 saturated carbocycles. The van der Waals surface area contributed by atoms with Gasteiger partial charge in [0.1, 0.15) is 34.8 Å². The van der Waals surface area contributed by atoms with Crippen molar-refractivity contribution >= 4 is 17.1 Å². The lowest BCUT2D eigenvalue weighted by Crippen LogP contribution is -1.98. The molecule has 1 N–H and O–H groups in total. The molecule has 0 bridgehead atoms. The first kappa shape index (κ1) is 15.9. The second kappa shape index (κ2) is 7.11. The summed E-state index contributed by atoms with van der Waals surface area (Å²) in [7, 11) is 0. The van der Waals surface area contributed by atoms with Crippen LogP contribution in [-0.2, 0) is 0 Å². The number of benzene rings is 3. The van der Waals surface area contributed by atoms with Crippen molar-refractivity contribution in [2.45, 2.75) is 0 Å². The highest BCUT2D eigenvalue weighted by Crippen LogP contribution is 2.23. The van der Waals surface area contributed by atoms with Gasteiger partial charge in [-0.2, -0.15) is 0 Å². The largest absolute Gasteiger partial charge is 0.506 e. The number of para-hydroxylation sites is 2. The van der Waals surface area contributed by atoms with Crippen molar-refractivity contribution in [3.05, 3.63) is 84.4 Å². The van der Waals surface area contributed by atoms with E-state index in [2.05, 4.69) is 10.2 Å². The van der Waals surface area contributed by atoms with Crippen LogP contribution in [0.1, 0.15) is 5.56 Å². The molecular weight excluding hydrogens is 326 g/mol. The maximum absolute atomic E-state index is 9.95. The fraction of sp³-hybridized carbons (Fsp3) is 0.0476. The lowest BCUT2D eigenvalue weighted by molar-refractivity contribution is 0.364. The molecule has 4 rings (SSSR count). The molecule has 0 saturated heterocycles. The SMILES string of the molecule is Oc1ccccc1-n1nc2ccc(OC/C=C/c3ccccc3)cc2n1. The van der Waals surface area contributed by atoms with Crippen LogP contribution in [0.5, 0.6) is 11.5 Å². The van der Waals surface area contributed by atoms with Gasteiger partial charge in [-0.15, -0.1) is 15.0 Å². The summed E-state index contributed by atoms with van der Waals surface area (Å²) in [5, 5.41) is 18.8. The topological polar surface area (TPSA) is 60.2 Å². The Balaban J connectivity index is 1.49. The number of phenolic OH excluding ortho intramolecular Hbond substituents is 1. The van der Waals surface area contributed by atoms with E-state index in [0.29, 0.717) is 17.8 Å². The first-order chi connectivity index (χ1) is 12.8. The fourth-order valence-electron chi connectivity index (χ4n) is 2.62. The van der Waals surface area contributed by atoms with Crippen molar-refractivity contribution in [1.82, 2.24) is 15.0 Å². The summed E-state index contributed by atoms with van der Waals surface area (Å²) in [4.78, 5) is 1.43. The fourth-order valence-corrected chi connectivity index (χ4v) is 2.62. The predicted molar refractivity (Wildman–Crippen MR) is 102 cm³/mol. The number of fused-ring (bicyclic) bond motifs is 1. The molecule has 0 aliphatic heterocycles. The van der Waals surface area contributed by atoms with Crippen LogP contribution in [0, 0.1) is 0 Å². The van der Waals surface area contributed by atoms with Crippen molar-refractivity contribution in [2.24, 2.45) is 0 Å². The Hall–Kier alpha value is -3.60. The van der Waals surface area contributed by atoms with Crippen LogP contribution < -0.4 is 4.74 Å². The van der Waals surface area contributed by atoms with Crippen LogP contribution in [-0.4, -0.2) is 26.7 Å². The van der Waals surface area contributed by atoms with Gasteiger partial charge >= 0.3 is 0 Å². The second-order valence-electron chi connectivity index (χ2n) is 5.75. The van der Waals surface area contributed by atoms with E-state index in [1.54, 1.807) is 18.2 Å². The number of nitrogens with zero attached hydrogens (tertiary/aromatic N) is 3. The molecule has 0 fully saturated rings. The highest BCUT2D eigenvalue weighted by atomic mass is 16.5. The van der Waals surface area contributed by atoms with Crippen molar-refractivity contribution in [2.75, 3.05) is 6.61 Å². The number of ether oxygens (including phenoxy) is 1. The molecule has 0 aliphatic rings. The molecular formula is C21H17N3O2. The Bertz CT molecular complexity index is 1060. The Morgan fingerprint density at radius 2 is 1.65 bits per heavy atom. The van der Waals surface area contributed by atoms with E-state index in [1.807, 2.05) is 66.7 Å². The first-order valence-electron chi connectivity index (χ1n) is 8.29. The molecule has 0 aliphatic carbocycles. The third kappa shape index (κ3) is 3.42. The summed E-state index contributed by atoms with van der Waals surface area (Å²) in [5.41, 5.74) is 3.12. The Labute approximate surface area is 150 Å². The molecule has 3 aromatic carbocycles. The predicted octanol–water partition coefficient (Wildman–Crippen LogP) is 4.22. The van der Waals surface area contributed by atoms with E-state index in [0.717, 1.165) is 16.8 Å². The monoisotopic (exact) mass is 343 g/mol. The number of aromatic nitrogens is 3. The van der Waals surface area contributed by atoms with Gasteiger partial charge in [0.25, 0.3) is 0 Å². The van der Waals surface area contributed by atoms with Gasteiger partial charge in [0.15, 0.2) is 0 Å². The molecule has 4 aromatic rings. The van der Waals surface area contributed by atoms with Crippen LogP contribution >= 0.6 is 0 Å². The highest BCUT2D eigenvalue weighted by Gasteiger charge is 2.08. The average molecular weight is 343 g/mol. The molecule has 0 atom stereocenters. The number of rotatable bonds is 5. The molecule has 5 heteroatoms. The summed E-state index contributed by atoms with van der Waals surface area (Å²) in [6.45, 7) is 0.466. The lowest BCUT2D eigenvalue weighted by Gasteiger charge is -2.02. The molecule has 0 unspecified atom stereocenters. The minimum Gasteiger partial charge on any atom is -0.506 e. The average Bonchev–Trinajstić information content (AvgIpc) is 3.09. The highest BCUT2D eigenvalue weighted by molar-refractivity contribution is 5.75. The van der Waals surface area contributed by atoms with Crippen LogP contribution in [0.25, 0.3) is 22.8 Å². The lowest BCUT2D eigenvalue weighted by atomic mass is 10.2. The van der Waals surface area contributed by atoms with Gasteiger partial charge in [0.05, 0.1) is 0 Å². The minimum absolute atomic E-state index is 0.135. The third-order valence-electron chi connectivity index (χ3n) is 3.91. The molecule has 0 spiro atoms. The van der Waals surface area contributed by atoms with E-state index < -0.39 is 0 Å². The van der Waals surface area contributed by atoms with Crippen molar-refractivity contribution in [1.29, 1.82) is 0 Å². The summed E-state index contributed by atoms with van der Waals surface area (Å²) in [6.07, 6.45) is 3.99. The Morgan fingerprint density at radius 3 is 2.50 bits per heavy atom. The van der Waals surface area contributed by atoms with Crippen LogP contribution in [0.3, 0.4) is 0 Å². The molecule has 26 heavy (non-hydrogen) atoms. The van der Waals surface area contributed by atoms with E-state index >= 15 is 0 Å². The van der Waals surface area contributed by atoms with Gasteiger partial charge in [-0.25, -0.2) is 0 Å². The zero-order valence-electron chi connectivity index (χ0n) is 14.0. The van der Waals surface area contributed by atoms with E-state index in [-0.39, 0.29) is 5.75 Å². The van der Waals surface area contributed by atoms with Gasteiger partial charge in [0, 0.05) is 6.07 Å². The van der Waals surface area contributed by atoms with Crippen LogP contribution in [0.2, 0.25) is 0 Å². The van der Waals surface area contributed by atoms with Crippen LogP contribution in [0.4, 0.5) is 0 Å². The van der Waals surface area contributed by atoms with Gasteiger partial charge in [-0.3, -0.25) is 0 Å². The molecule has 128 valence electrons. The zero-order valence-corrected chi connectivity index (χ0v) is 14.0. The van der Waals surface area contributed by atoms with Gasteiger partial charge in [0.2, 0.25) is 0 Å². The number of hydrogen-bond donors (Lipinski definition) is 1. The van der Waals surface area contributed by atoms with Crippen molar-refractivity contribution in [3.8, 4) is 17.2 Å². The second-order valence-corrected chi connectivity index (χ2v) is 5.75. The Kier molecular flexibility index (Phi) is 4.35. The Morgan fingerprint density at radius 1 is 0.885 bits per heavy atom. The molecule has 5 nitrogen and oxygen atoms in total. The van der Waals surface area contributed by atoms with Gasteiger partial charge in [-0.05, 0) is 35.9 Å². The quantitative estimate of drug-likeness (QED) is 0.589. The van der Waals surface area contributed by atoms with Crippen molar-refractivity contribution in [3.63, 3.8) is 0 Å². The summed E-state index contributed by atoms with van der Waals surface area (Å²) in [6, 6.07) is 22.6. The number of phenols is 1. The molecule has 0 radical (unpaired) electrons. The molecule has 0 amide bonds. The number of hydrogen-bond acceptors (Lipinski definition) is 4. The van der Waals surface area contributed by atoms with Gasteiger partial charge in [-0.1, -0.05) is 48.5 Å². The van der Waals surface area contributed by atoms with E-state index in [1.165, 1.54) is 4.80 Å². The maximum atomic E-state index is 9.95.